The lowest BCUT2D eigenvalue weighted by atomic mass is 10.0. The number of halogens is 3. The van der Waals surface area contributed by atoms with E-state index < -0.39 is 23.9 Å². The molecule has 4 rings (SSSR count). The van der Waals surface area contributed by atoms with Crippen molar-refractivity contribution in [2.24, 2.45) is 5.92 Å². The molecule has 0 amide bonds. The Kier molecular flexibility index (Phi) is 3.95. The number of benzene rings is 1. The molecular weight excluding hydrogens is 331 g/mol. The summed E-state index contributed by atoms with van der Waals surface area (Å²) in [4.78, 5) is 4.30. The molecule has 1 N–H and O–H groups in total. The SMILES string of the molecule is OC(Cn1ncc2ncc(-c3ccc(F)c(C(F)F)c3)cc21)C1CC1. The second kappa shape index (κ2) is 6.15. The Labute approximate surface area is 141 Å². The van der Waals surface area contributed by atoms with E-state index in [9.17, 15) is 18.3 Å². The summed E-state index contributed by atoms with van der Waals surface area (Å²) in [7, 11) is 0. The van der Waals surface area contributed by atoms with Crippen molar-refractivity contribution in [1.29, 1.82) is 0 Å². The highest BCUT2D eigenvalue weighted by Crippen LogP contribution is 2.34. The van der Waals surface area contributed by atoms with Crippen LogP contribution in [0.4, 0.5) is 13.2 Å². The van der Waals surface area contributed by atoms with Crippen molar-refractivity contribution in [3.05, 3.63) is 48.0 Å². The first-order chi connectivity index (χ1) is 12.0. The van der Waals surface area contributed by atoms with Gasteiger partial charge in [0.2, 0.25) is 0 Å². The standard InChI is InChI=1S/C18H16F3N3O/c19-14-4-3-11(5-13(14)18(20)21)12-6-16-15(22-7-12)8-23-24(16)9-17(25)10-1-2-10/h3-8,10,17-18,25H,1-2,9H2. The van der Waals surface area contributed by atoms with Gasteiger partial charge in [-0.1, -0.05) is 6.07 Å². The molecule has 0 aliphatic heterocycles. The van der Waals surface area contributed by atoms with Crippen molar-refractivity contribution in [3.63, 3.8) is 0 Å². The van der Waals surface area contributed by atoms with Gasteiger partial charge in [-0.05, 0) is 42.5 Å². The Morgan fingerprint density at radius 2 is 1.96 bits per heavy atom. The van der Waals surface area contributed by atoms with Gasteiger partial charge in [-0.3, -0.25) is 9.67 Å². The molecule has 1 aliphatic rings. The normalized spacial score (nSPS) is 15.9. The van der Waals surface area contributed by atoms with Crippen LogP contribution in [0.3, 0.4) is 0 Å². The van der Waals surface area contributed by atoms with E-state index in [0.29, 0.717) is 34.6 Å². The number of hydrogen-bond acceptors (Lipinski definition) is 3. The summed E-state index contributed by atoms with van der Waals surface area (Å²) in [5.74, 6) is -0.605. The smallest absolute Gasteiger partial charge is 0.266 e. The van der Waals surface area contributed by atoms with Crippen LogP contribution >= 0.6 is 0 Å². The van der Waals surface area contributed by atoms with Gasteiger partial charge in [0.25, 0.3) is 6.43 Å². The molecule has 0 radical (unpaired) electrons. The predicted molar refractivity (Wildman–Crippen MR) is 86.6 cm³/mol. The Bertz CT molecular complexity index is 921. The van der Waals surface area contributed by atoms with E-state index >= 15 is 0 Å². The Balaban J connectivity index is 1.72. The summed E-state index contributed by atoms with van der Waals surface area (Å²) < 4.78 is 41.0. The molecule has 1 unspecified atom stereocenters. The van der Waals surface area contributed by atoms with Crippen LogP contribution in [0.5, 0.6) is 0 Å². The monoisotopic (exact) mass is 347 g/mol. The summed E-state index contributed by atoms with van der Waals surface area (Å²) in [6.07, 6.45) is 1.87. The third-order valence-electron chi connectivity index (χ3n) is 4.59. The van der Waals surface area contributed by atoms with Gasteiger partial charge in [0.15, 0.2) is 0 Å². The van der Waals surface area contributed by atoms with Gasteiger partial charge in [0.1, 0.15) is 11.3 Å². The fourth-order valence-electron chi connectivity index (χ4n) is 2.96. The number of hydrogen-bond donors (Lipinski definition) is 1. The van der Waals surface area contributed by atoms with E-state index in [0.717, 1.165) is 25.0 Å². The number of aromatic nitrogens is 3. The molecule has 3 aromatic rings. The molecular formula is C18H16F3N3O. The van der Waals surface area contributed by atoms with Crippen molar-refractivity contribution < 1.29 is 18.3 Å². The first-order valence-electron chi connectivity index (χ1n) is 8.10. The van der Waals surface area contributed by atoms with E-state index in [1.807, 2.05) is 0 Å². The fourth-order valence-corrected chi connectivity index (χ4v) is 2.96. The zero-order valence-corrected chi connectivity index (χ0v) is 13.2. The van der Waals surface area contributed by atoms with Crippen LogP contribution in [0.25, 0.3) is 22.2 Å². The van der Waals surface area contributed by atoms with E-state index in [1.54, 1.807) is 23.1 Å². The fraction of sp³-hybridized carbons (Fsp3) is 0.333. The summed E-state index contributed by atoms with van der Waals surface area (Å²) in [6, 6.07) is 5.40. The number of nitrogens with zero attached hydrogens (tertiary/aromatic N) is 3. The van der Waals surface area contributed by atoms with Crippen LogP contribution in [0.1, 0.15) is 24.8 Å². The average Bonchev–Trinajstić information content (AvgIpc) is 3.38. The quantitative estimate of drug-likeness (QED) is 0.760. The lowest BCUT2D eigenvalue weighted by molar-refractivity contribution is 0.128. The zero-order valence-electron chi connectivity index (χ0n) is 13.2. The van der Waals surface area contributed by atoms with Gasteiger partial charge in [0, 0.05) is 11.8 Å². The third-order valence-corrected chi connectivity index (χ3v) is 4.59. The molecule has 1 fully saturated rings. The van der Waals surface area contributed by atoms with Gasteiger partial charge >= 0.3 is 0 Å². The predicted octanol–water partition coefficient (Wildman–Crippen LogP) is 3.95. The molecule has 2 aromatic heterocycles. The minimum atomic E-state index is -2.88. The second-order valence-electron chi connectivity index (χ2n) is 6.40. The highest BCUT2D eigenvalue weighted by Gasteiger charge is 2.30. The Morgan fingerprint density at radius 1 is 1.16 bits per heavy atom. The average molecular weight is 347 g/mol. The minimum absolute atomic E-state index is 0.320. The van der Waals surface area contributed by atoms with Crippen LogP contribution in [0, 0.1) is 11.7 Å². The topological polar surface area (TPSA) is 50.9 Å². The lowest BCUT2D eigenvalue weighted by Gasteiger charge is -2.11. The molecule has 4 nitrogen and oxygen atoms in total. The minimum Gasteiger partial charge on any atom is -0.391 e. The second-order valence-corrected chi connectivity index (χ2v) is 6.40. The highest BCUT2D eigenvalue weighted by molar-refractivity contribution is 5.80. The summed E-state index contributed by atoms with van der Waals surface area (Å²) in [6.45, 7) is 0.366. The molecule has 2 heterocycles. The molecule has 0 spiro atoms. The maximum Gasteiger partial charge on any atom is 0.266 e. The molecule has 1 aliphatic carbocycles. The largest absolute Gasteiger partial charge is 0.391 e. The summed E-state index contributed by atoms with van der Waals surface area (Å²) in [5.41, 5.74) is 1.79. The van der Waals surface area contributed by atoms with Gasteiger partial charge in [-0.15, -0.1) is 0 Å². The van der Waals surface area contributed by atoms with E-state index in [4.69, 9.17) is 0 Å². The van der Waals surface area contributed by atoms with Crippen molar-refractivity contribution in [2.75, 3.05) is 0 Å². The van der Waals surface area contributed by atoms with Crippen LogP contribution in [-0.2, 0) is 6.54 Å². The molecule has 130 valence electrons. The van der Waals surface area contributed by atoms with Crippen LogP contribution in [0.15, 0.2) is 36.7 Å². The van der Waals surface area contributed by atoms with E-state index in [1.165, 1.54) is 6.07 Å². The number of pyridine rings is 1. The van der Waals surface area contributed by atoms with Crippen molar-refractivity contribution in [1.82, 2.24) is 14.8 Å². The molecule has 7 heteroatoms. The van der Waals surface area contributed by atoms with Crippen LogP contribution in [-0.4, -0.2) is 26.0 Å². The first kappa shape index (κ1) is 16.1. The summed E-state index contributed by atoms with van der Waals surface area (Å²) >= 11 is 0. The molecule has 1 aromatic carbocycles. The first-order valence-corrected chi connectivity index (χ1v) is 8.10. The zero-order chi connectivity index (χ0) is 17.6. The van der Waals surface area contributed by atoms with Gasteiger partial charge in [-0.25, -0.2) is 13.2 Å². The molecule has 0 bridgehead atoms. The van der Waals surface area contributed by atoms with Crippen molar-refractivity contribution in [2.45, 2.75) is 31.9 Å². The number of aliphatic hydroxyl groups excluding tert-OH is 1. The number of aliphatic hydroxyl groups is 1. The van der Waals surface area contributed by atoms with E-state index in [-0.39, 0.29) is 0 Å². The number of rotatable bonds is 5. The van der Waals surface area contributed by atoms with E-state index in [2.05, 4.69) is 10.1 Å². The Hall–Kier alpha value is -2.41. The number of fused-ring (bicyclic) bond motifs is 1. The van der Waals surface area contributed by atoms with Gasteiger partial charge < -0.3 is 5.11 Å². The van der Waals surface area contributed by atoms with Gasteiger partial charge in [0.05, 0.1) is 29.9 Å². The van der Waals surface area contributed by atoms with Crippen LogP contribution in [0.2, 0.25) is 0 Å². The maximum atomic E-state index is 13.5. The van der Waals surface area contributed by atoms with Gasteiger partial charge in [-0.2, -0.15) is 5.10 Å². The molecule has 1 saturated carbocycles. The Morgan fingerprint density at radius 3 is 2.68 bits per heavy atom. The lowest BCUT2D eigenvalue weighted by Crippen LogP contribution is -2.18. The molecule has 1 atom stereocenters. The van der Waals surface area contributed by atoms with Crippen molar-refractivity contribution >= 4 is 11.0 Å². The molecule has 25 heavy (non-hydrogen) atoms. The highest BCUT2D eigenvalue weighted by atomic mass is 19.3. The van der Waals surface area contributed by atoms with Crippen LogP contribution < -0.4 is 0 Å². The maximum absolute atomic E-state index is 13.5. The van der Waals surface area contributed by atoms with Crippen molar-refractivity contribution in [3.8, 4) is 11.1 Å². The summed E-state index contributed by atoms with van der Waals surface area (Å²) in [5, 5.41) is 14.4. The molecule has 0 saturated heterocycles. The third kappa shape index (κ3) is 3.11. The number of alkyl halides is 2.